The molecule has 0 spiro atoms. The summed E-state index contributed by atoms with van der Waals surface area (Å²) in [6.45, 7) is -0.239. The Labute approximate surface area is 169 Å². The number of carbonyl (C=O) groups excluding carboxylic acids is 2. The number of hydrogen-bond acceptors (Lipinski definition) is 8. The average Bonchev–Trinajstić information content (AvgIpc) is 3.15. The lowest BCUT2D eigenvalue weighted by Crippen LogP contribution is -2.34. The molecule has 1 heterocycles. The molecule has 0 aliphatic rings. The van der Waals surface area contributed by atoms with E-state index in [4.69, 9.17) is 17.2 Å². The van der Waals surface area contributed by atoms with E-state index in [1.807, 2.05) is 0 Å². The van der Waals surface area contributed by atoms with Gasteiger partial charge in [-0.2, -0.15) is 8.27 Å². The normalized spacial score (nSPS) is 10.6. The minimum Gasteiger partial charge on any atom is -0.497 e. The molecule has 2 N–H and O–H groups in total. The van der Waals surface area contributed by atoms with Gasteiger partial charge in [-0.15, -0.1) is 0 Å². The zero-order valence-corrected chi connectivity index (χ0v) is 16.6. The monoisotopic (exact) mass is 488 g/mol. The minimum absolute atomic E-state index is 0.239. The SMILES string of the molecule is COc1cccc(C(=O)NCC(=O)N/N=C/c2ccc(N(OC)OI)o2)c1. The smallest absolute Gasteiger partial charge is 0.259 e. The number of halogens is 1. The van der Waals surface area contributed by atoms with Crippen molar-refractivity contribution in [3.05, 3.63) is 47.7 Å². The van der Waals surface area contributed by atoms with Crippen LogP contribution in [0.5, 0.6) is 5.75 Å². The Morgan fingerprint density at radius 3 is 2.81 bits per heavy atom. The summed E-state index contributed by atoms with van der Waals surface area (Å²) < 4.78 is 15.3. The van der Waals surface area contributed by atoms with E-state index in [1.54, 1.807) is 59.4 Å². The zero-order chi connectivity index (χ0) is 19.6. The van der Waals surface area contributed by atoms with Gasteiger partial charge in [0.1, 0.15) is 34.5 Å². The number of furan rings is 1. The fourth-order valence-electron chi connectivity index (χ4n) is 1.90. The van der Waals surface area contributed by atoms with Crippen LogP contribution in [-0.4, -0.2) is 38.8 Å². The van der Waals surface area contributed by atoms with E-state index >= 15 is 0 Å². The van der Waals surface area contributed by atoms with Crippen molar-refractivity contribution in [1.29, 1.82) is 0 Å². The molecule has 1 aromatic heterocycles. The summed E-state index contributed by atoms with van der Waals surface area (Å²) >= 11 is 1.63. The van der Waals surface area contributed by atoms with E-state index in [0.717, 1.165) is 5.23 Å². The Hall–Kier alpha value is -2.64. The van der Waals surface area contributed by atoms with Crippen LogP contribution in [0.25, 0.3) is 0 Å². The molecule has 0 aliphatic carbocycles. The second-order valence-corrected chi connectivity index (χ2v) is 5.29. The van der Waals surface area contributed by atoms with E-state index in [9.17, 15) is 9.59 Å². The Balaban J connectivity index is 1.80. The molecule has 0 radical (unpaired) electrons. The first-order chi connectivity index (χ1) is 13.1. The maximum atomic E-state index is 12.0. The van der Waals surface area contributed by atoms with E-state index in [0.29, 0.717) is 23.0 Å². The lowest BCUT2D eigenvalue weighted by atomic mass is 10.2. The molecule has 2 aromatic rings. The van der Waals surface area contributed by atoms with Gasteiger partial charge in [0, 0.05) is 11.6 Å². The molecule has 11 heteroatoms. The fraction of sp³-hybridized carbons (Fsp3) is 0.188. The molecule has 2 amide bonds. The highest BCUT2D eigenvalue weighted by molar-refractivity contribution is 14.1. The molecule has 0 atom stereocenters. The third kappa shape index (κ3) is 6.23. The van der Waals surface area contributed by atoms with Crippen LogP contribution < -0.4 is 20.7 Å². The highest BCUT2D eigenvalue weighted by Crippen LogP contribution is 2.19. The van der Waals surface area contributed by atoms with Crippen LogP contribution in [0.2, 0.25) is 0 Å². The molecular formula is C16H17IN4O6. The van der Waals surface area contributed by atoms with Gasteiger partial charge >= 0.3 is 0 Å². The topological polar surface area (TPSA) is 115 Å². The summed E-state index contributed by atoms with van der Waals surface area (Å²) in [5, 5.41) is 7.29. The van der Waals surface area contributed by atoms with Crippen LogP contribution in [0.4, 0.5) is 5.88 Å². The van der Waals surface area contributed by atoms with Crippen molar-refractivity contribution < 1.29 is 26.7 Å². The summed E-state index contributed by atoms with van der Waals surface area (Å²) in [5.41, 5.74) is 2.66. The van der Waals surface area contributed by atoms with Gasteiger partial charge in [-0.05, 0) is 24.3 Å². The van der Waals surface area contributed by atoms with Gasteiger partial charge < -0.3 is 14.5 Å². The van der Waals surface area contributed by atoms with Gasteiger partial charge in [0.2, 0.25) is 5.88 Å². The first kappa shape index (κ1) is 20.7. The van der Waals surface area contributed by atoms with E-state index in [1.165, 1.54) is 20.4 Å². The molecule has 0 aliphatic heterocycles. The predicted octanol–water partition coefficient (Wildman–Crippen LogP) is 1.82. The maximum Gasteiger partial charge on any atom is 0.259 e. The van der Waals surface area contributed by atoms with Crippen LogP contribution in [0.15, 0.2) is 45.9 Å². The van der Waals surface area contributed by atoms with Gasteiger partial charge in [-0.1, -0.05) is 11.3 Å². The Morgan fingerprint density at radius 2 is 2.11 bits per heavy atom. The van der Waals surface area contributed by atoms with Crippen LogP contribution >= 0.6 is 23.0 Å². The molecule has 0 bridgehead atoms. The number of carbonyl (C=O) groups is 2. The van der Waals surface area contributed by atoms with Gasteiger partial charge in [0.15, 0.2) is 0 Å². The quantitative estimate of drug-likeness (QED) is 0.315. The summed E-state index contributed by atoms with van der Waals surface area (Å²) in [7, 11) is 2.92. The standard InChI is InChI=1S/C16H17IN4O6/c1-24-12-5-3-4-11(8-12)16(23)18-10-14(22)20-19-9-13-6-7-15(26-13)21(25-2)27-17/h3-9H,10H2,1-2H3,(H,18,23)(H,20,22)/b19-9+. The number of nitrogens with one attached hydrogen (secondary N) is 2. The lowest BCUT2D eigenvalue weighted by Gasteiger charge is -2.11. The first-order valence-corrected chi connectivity index (χ1v) is 8.42. The van der Waals surface area contributed by atoms with Crippen molar-refractivity contribution in [1.82, 2.24) is 10.7 Å². The molecule has 0 fully saturated rings. The Kier molecular flexibility index (Phi) is 8.03. The number of nitrogens with zero attached hydrogens (tertiary/aromatic N) is 2. The third-order valence-electron chi connectivity index (χ3n) is 3.14. The number of hydrazone groups is 1. The summed E-state index contributed by atoms with van der Waals surface area (Å²) in [6.07, 6.45) is 1.30. The largest absolute Gasteiger partial charge is 0.497 e. The highest BCUT2D eigenvalue weighted by Gasteiger charge is 2.11. The average molecular weight is 488 g/mol. The lowest BCUT2D eigenvalue weighted by molar-refractivity contribution is -0.120. The fourth-order valence-corrected chi connectivity index (χ4v) is 2.25. The van der Waals surface area contributed by atoms with Crippen LogP contribution in [-0.2, 0) is 12.8 Å². The second kappa shape index (κ2) is 10.5. The van der Waals surface area contributed by atoms with E-state index < -0.39 is 11.8 Å². The molecule has 0 saturated heterocycles. The summed E-state index contributed by atoms with van der Waals surface area (Å²) in [5.74, 6) is 0.312. The Bertz CT molecular complexity index is 806. The van der Waals surface area contributed by atoms with Gasteiger partial charge in [-0.3, -0.25) is 9.59 Å². The number of rotatable bonds is 9. The number of methoxy groups -OCH3 is 1. The first-order valence-electron chi connectivity index (χ1n) is 7.54. The summed E-state index contributed by atoms with van der Waals surface area (Å²) in [6, 6.07) is 9.80. The number of hydrogen-bond donors (Lipinski definition) is 2. The number of benzene rings is 1. The second-order valence-electron chi connectivity index (χ2n) is 4.89. The maximum absolute atomic E-state index is 12.0. The molecule has 2 rings (SSSR count). The Morgan fingerprint density at radius 1 is 1.30 bits per heavy atom. The number of ether oxygens (including phenoxy) is 1. The molecule has 0 saturated carbocycles. The molecule has 27 heavy (non-hydrogen) atoms. The number of anilines is 1. The predicted molar refractivity (Wildman–Crippen MR) is 104 cm³/mol. The third-order valence-corrected chi connectivity index (χ3v) is 3.50. The van der Waals surface area contributed by atoms with Crippen molar-refractivity contribution >= 4 is 46.9 Å². The van der Waals surface area contributed by atoms with Crippen molar-refractivity contribution in [3.63, 3.8) is 0 Å². The summed E-state index contributed by atoms with van der Waals surface area (Å²) in [4.78, 5) is 28.7. The zero-order valence-electron chi connectivity index (χ0n) is 14.5. The van der Waals surface area contributed by atoms with Crippen LogP contribution in [0, 0.1) is 0 Å². The van der Waals surface area contributed by atoms with Crippen molar-refractivity contribution in [3.8, 4) is 5.75 Å². The van der Waals surface area contributed by atoms with Crippen LogP contribution in [0.3, 0.4) is 0 Å². The molecule has 144 valence electrons. The number of amides is 2. The van der Waals surface area contributed by atoms with Crippen molar-refractivity contribution in [2.24, 2.45) is 5.10 Å². The minimum atomic E-state index is -0.497. The molecule has 10 nitrogen and oxygen atoms in total. The van der Waals surface area contributed by atoms with Gasteiger partial charge in [0.05, 0.1) is 27.0 Å². The molecule has 1 aromatic carbocycles. The van der Waals surface area contributed by atoms with E-state index in [-0.39, 0.29) is 6.54 Å². The van der Waals surface area contributed by atoms with Gasteiger partial charge in [-0.25, -0.2) is 10.3 Å². The van der Waals surface area contributed by atoms with Gasteiger partial charge in [0.25, 0.3) is 11.8 Å². The van der Waals surface area contributed by atoms with Crippen molar-refractivity contribution in [2.45, 2.75) is 0 Å². The van der Waals surface area contributed by atoms with Crippen LogP contribution in [0.1, 0.15) is 16.1 Å². The molecular weight excluding hydrogens is 471 g/mol. The highest BCUT2D eigenvalue weighted by atomic mass is 127. The molecule has 0 unspecified atom stereocenters. The van der Waals surface area contributed by atoms with Crippen molar-refractivity contribution in [2.75, 3.05) is 26.0 Å². The van der Waals surface area contributed by atoms with E-state index in [2.05, 4.69) is 15.8 Å².